The number of rotatable bonds is 7. The van der Waals surface area contributed by atoms with Crippen LogP contribution < -0.4 is 10.0 Å². The number of ether oxygens (including phenoxy) is 1. The van der Waals surface area contributed by atoms with Gasteiger partial charge in [0.15, 0.2) is 5.52 Å². The third-order valence-corrected chi connectivity index (χ3v) is 5.76. The maximum absolute atomic E-state index is 12.8. The topological polar surface area (TPSA) is 26.3 Å². The molecule has 0 bridgehead atoms. The second-order valence-electron chi connectivity index (χ2n) is 7.14. The molecule has 2 aromatic rings. The van der Waals surface area contributed by atoms with Gasteiger partial charge in [-0.05, 0) is 88.3 Å². The summed E-state index contributed by atoms with van der Waals surface area (Å²) in [5.41, 5.74) is 5.76. The first-order chi connectivity index (χ1) is 11.8. The molecule has 26 heavy (non-hydrogen) atoms. The monoisotopic (exact) mass is 363 g/mol. The normalized spacial score (nSPS) is 11.0. The van der Waals surface area contributed by atoms with Crippen molar-refractivity contribution < 1.29 is 9.53 Å². The first-order valence-electron chi connectivity index (χ1n) is 8.91. The Morgan fingerprint density at radius 1 is 1.00 bits per heavy atom. The maximum atomic E-state index is 12.8. The van der Waals surface area contributed by atoms with Crippen LogP contribution in [0.5, 0.6) is 5.75 Å². The Balaban J connectivity index is 0.00000338. The molecule has 2 rings (SSSR count). The van der Waals surface area contributed by atoms with Crippen LogP contribution in [0.2, 0.25) is 0 Å². The molecule has 0 N–H and O–H groups in total. The summed E-state index contributed by atoms with van der Waals surface area (Å²) in [5, 5.41) is 1.05. The number of carbonyl (C=O) groups is 1. The van der Waals surface area contributed by atoms with Gasteiger partial charge in [-0.3, -0.25) is 4.79 Å². The van der Waals surface area contributed by atoms with Gasteiger partial charge in [0.2, 0.25) is 0 Å². The van der Waals surface area contributed by atoms with E-state index >= 15 is 0 Å². The van der Waals surface area contributed by atoms with Gasteiger partial charge >= 0.3 is 0 Å². The number of carbonyl (C=O) groups excluding carboxylic acids is 1. The minimum Gasteiger partial charge on any atom is -0.494 e. The van der Waals surface area contributed by atoms with Crippen LogP contribution in [0, 0.1) is 33.6 Å². The fourth-order valence-electron chi connectivity index (χ4n) is 2.87. The molecule has 0 aliphatic heterocycles. The molecule has 0 saturated heterocycles. The average molecular weight is 363 g/mol. The molecule has 135 valence electrons. The fourth-order valence-corrected chi connectivity index (χ4v) is 3.98. The third kappa shape index (κ3) is 5.99. The van der Waals surface area contributed by atoms with Crippen LogP contribution in [0.1, 0.15) is 52.9 Å². The second kappa shape index (κ2) is 10.3. The van der Waals surface area contributed by atoms with E-state index in [9.17, 15) is 4.79 Å². The van der Waals surface area contributed by atoms with Gasteiger partial charge in [-0.2, -0.15) is 0 Å². The minimum atomic E-state index is 0. The van der Waals surface area contributed by atoms with E-state index in [0.29, 0.717) is 5.92 Å². The van der Waals surface area contributed by atoms with Crippen molar-refractivity contribution in [3.05, 3.63) is 58.1 Å². The van der Waals surface area contributed by atoms with Crippen LogP contribution in [0.15, 0.2) is 30.3 Å². The Kier molecular flexibility index (Phi) is 9.12. The molecule has 0 aliphatic carbocycles. The Bertz CT molecular complexity index is 752. The summed E-state index contributed by atoms with van der Waals surface area (Å²) in [6.07, 6.45) is 1.05. The van der Waals surface area contributed by atoms with E-state index in [0.717, 1.165) is 40.8 Å². The molecule has 0 aromatic heterocycles. The Morgan fingerprint density at radius 2 is 1.62 bits per heavy atom. The van der Waals surface area contributed by atoms with Crippen LogP contribution in [-0.4, -0.2) is 31.0 Å². The molecule has 1 radical (unpaired) electrons. The zero-order valence-electron chi connectivity index (χ0n) is 17.2. The van der Waals surface area contributed by atoms with Gasteiger partial charge in [-0.1, -0.05) is 32.0 Å². The SMILES string of the molecule is Cc1cc(C)c(C(=O)Pc2ccc(OCCC(C)C)cc2)c(C)c1C.[Li]. The molecular formula is C22H29LiO2P. The standard InChI is InChI=1S/C22H29O2P.Li/c1-14(2)11-12-24-19-7-9-20(10-8-19)25-22(23)21-16(4)13-15(3)17(5)18(21)6;/h7-10,13-14,25H,11-12H2,1-6H3;. The van der Waals surface area contributed by atoms with E-state index in [1.165, 1.54) is 11.1 Å². The number of aryl methyl sites for hydroxylation is 2. The van der Waals surface area contributed by atoms with Gasteiger partial charge in [0, 0.05) is 24.4 Å². The quantitative estimate of drug-likeness (QED) is 0.505. The molecule has 0 aliphatic rings. The molecule has 0 amide bonds. The smallest absolute Gasteiger partial charge is 0.186 e. The Hall–Kier alpha value is -1.06. The van der Waals surface area contributed by atoms with Crippen LogP contribution in [0.4, 0.5) is 0 Å². The van der Waals surface area contributed by atoms with E-state index in [1.54, 1.807) is 0 Å². The maximum Gasteiger partial charge on any atom is 0.186 e. The zero-order valence-corrected chi connectivity index (χ0v) is 18.2. The van der Waals surface area contributed by atoms with Crippen molar-refractivity contribution in [1.82, 2.24) is 0 Å². The molecule has 0 saturated carbocycles. The molecule has 2 nitrogen and oxygen atoms in total. The molecule has 0 heterocycles. The van der Waals surface area contributed by atoms with Crippen molar-refractivity contribution in [3.63, 3.8) is 0 Å². The molecule has 0 spiro atoms. The summed E-state index contributed by atoms with van der Waals surface area (Å²) < 4.78 is 5.75. The molecule has 2 aromatic carbocycles. The van der Waals surface area contributed by atoms with Crippen LogP contribution in [-0.2, 0) is 0 Å². The summed E-state index contributed by atoms with van der Waals surface area (Å²) >= 11 is 0. The van der Waals surface area contributed by atoms with E-state index in [4.69, 9.17) is 4.74 Å². The van der Waals surface area contributed by atoms with E-state index in [-0.39, 0.29) is 33.0 Å². The third-order valence-electron chi connectivity index (χ3n) is 4.66. The molecule has 1 atom stereocenters. The van der Waals surface area contributed by atoms with Gasteiger partial charge in [0.1, 0.15) is 5.75 Å². The zero-order chi connectivity index (χ0) is 18.6. The van der Waals surface area contributed by atoms with Crippen LogP contribution in [0.25, 0.3) is 0 Å². The number of benzene rings is 2. The number of hydrogen-bond acceptors (Lipinski definition) is 2. The van der Waals surface area contributed by atoms with E-state index in [1.807, 2.05) is 31.2 Å². The summed E-state index contributed by atoms with van der Waals surface area (Å²) in [6, 6.07) is 10.1. The largest absolute Gasteiger partial charge is 0.494 e. The van der Waals surface area contributed by atoms with Crippen molar-refractivity contribution in [2.45, 2.75) is 48.0 Å². The van der Waals surface area contributed by atoms with Gasteiger partial charge in [0.25, 0.3) is 0 Å². The number of hydrogen-bond donors (Lipinski definition) is 0. The minimum absolute atomic E-state index is 0. The first-order valence-corrected chi connectivity index (χ1v) is 9.91. The summed E-state index contributed by atoms with van der Waals surface area (Å²) in [6.45, 7) is 13.4. The predicted molar refractivity (Wildman–Crippen MR) is 115 cm³/mol. The van der Waals surface area contributed by atoms with E-state index < -0.39 is 0 Å². The van der Waals surface area contributed by atoms with Crippen molar-refractivity contribution in [2.24, 2.45) is 5.92 Å². The van der Waals surface area contributed by atoms with Crippen molar-refractivity contribution in [2.75, 3.05) is 6.61 Å². The van der Waals surface area contributed by atoms with Crippen molar-refractivity contribution in [1.29, 1.82) is 0 Å². The second-order valence-corrected chi connectivity index (χ2v) is 8.43. The first kappa shape index (κ1) is 23.0. The van der Waals surface area contributed by atoms with Crippen molar-refractivity contribution >= 4 is 38.3 Å². The van der Waals surface area contributed by atoms with Gasteiger partial charge in [-0.15, -0.1) is 0 Å². The van der Waals surface area contributed by atoms with E-state index in [2.05, 4.69) is 40.7 Å². The summed E-state index contributed by atoms with van der Waals surface area (Å²) in [5.74, 6) is 1.52. The molecule has 1 unspecified atom stereocenters. The van der Waals surface area contributed by atoms with Crippen LogP contribution >= 0.6 is 8.58 Å². The summed E-state index contributed by atoms with van der Waals surface area (Å²) in [4.78, 5) is 12.8. The molecule has 0 fully saturated rings. The van der Waals surface area contributed by atoms with Gasteiger partial charge in [-0.25, -0.2) is 0 Å². The molecule has 4 heteroatoms. The summed E-state index contributed by atoms with van der Waals surface area (Å²) in [7, 11) is 0.142. The predicted octanol–water partition coefficient (Wildman–Crippen LogP) is 5.11. The van der Waals surface area contributed by atoms with Crippen molar-refractivity contribution in [3.8, 4) is 5.75 Å². The fraction of sp³-hybridized carbons (Fsp3) is 0.409. The van der Waals surface area contributed by atoms with Gasteiger partial charge in [0.05, 0.1) is 6.61 Å². The van der Waals surface area contributed by atoms with Crippen LogP contribution in [0.3, 0.4) is 0 Å². The van der Waals surface area contributed by atoms with Gasteiger partial charge < -0.3 is 4.74 Å². The molecular weight excluding hydrogens is 334 g/mol. The Morgan fingerprint density at radius 3 is 2.19 bits per heavy atom. The Labute approximate surface area is 172 Å². The average Bonchev–Trinajstić information content (AvgIpc) is 2.54.